The molecule has 2 bridgehead atoms. The Morgan fingerprint density at radius 2 is 2.20 bits per heavy atom. The van der Waals surface area contributed by atoms with Crippen LogP contribution in [0.1, 0.15) is 6.23 Å². The molecule has 20 heavy (non-hydrogen) atoms. The lowest BCUT2D eigenvalue weighted by atomic mass is 10.2. The number of nitrogens with one attached hydrogen (secondary N) is 1. The summed E-state index contributed by atoms with van der Waals surface area (Å²) in [5.74, 6) is 0. The molecule has 3 heterocycles. The Morgan fingerprint density at radius 1 is 1.45 bits per heavy atom. The van der Waals surface area contributed by atoms with Gasteiger partial charge in [0.2, 0.25) is 0 Å². The fourth-order valence-corrected chi connectivity index (χ4v) is 3.03. The molecule has 2 saturated heterocycles. The molecular weight excluding hydrogens is 292 g/mol. The summed E-state index contributed by atoms with van der Waals surface area (Å²) >= 11 is 0. The Bertz CT molecular complexity index is 736. The van der Waals surface area contributed by atoms with E-state index in [9.17, 15) is 18.0 Å². The predicted molar refractivity (Wildman–Crippen MR) is 64.7 cm³/mol. The van der Waals surface area contributed by atoms with Crippen LogP contribution in [0.2, 0.25) is 0 Å². The molecule has 0 aromatic carbocycles. The average molecular weight is 304 g/mol. The highest BCUT2D eigenvalue weighted by atomic mass is 32.2. The highest BCUT2D eigenvalue weighted by Crippen LogP contribution is 2.38. The number of fused-ring (bicyclic) bond motifs is 2. The zero-order chi connectivity index (χ0) is 14.5. The third-order valence-electron chi connectivity index (χ3n) is 3.15. The van der Waals surface area contributed by atoms with Crippen LogP contribution in [0.25, 0.3) is 0 Å². The summed E-state index contributed by atoms with van der Waals surface area (Å²) in [7, 11) is -3.66. The minimum atomic E-state index is -3.66. The minimum Gasteiger partial charge on any atom is -0.368 e. The number of hydrogen-bond acceptors (Lipinski definition) is 7. The van der Waals surface area contributed by atoms with Crippen LogP contribution in [0.4, 0.5) is 0 Å². The van der Waals surface area contributed by atoms with Gasteiger partial charge in [0.05, 0.1) is 12.9 Å². The maximum atomic E-state index is 11.7. The fraction of sp³-hybridized carbons (Fsp3) is 0.600. The normalized spacial score (nSPS) is 32.6. The molecular formula is C10H12N2O7S. The number of hydrogen-bond donors (Lipinski definition) is 1. The van der Waals surface area contributed by atoms with E-state index in [0.29, 0.717) is 0 Å². The standard InChI is InChI=1S/C10H12N2O7S/c1-20(15,16)19-7-5-4-17-8(7)9(18-5)12-3-2-6(13)11-10(12)14/h2-3,5,7-9H,4H2,1H3,(H,11,13,14). The first-order valence-corrected chi connectivity index (χ1v) is 7.63. The van der Waals surface area contributed by atoms with Crippen molar-refractivity contribution >= 4 is 10.1 Å². The van der Waals surface area contributed by atoms with E-state index in [1.165, 1.54) is 12.3 Å². The molecule has 0 spiro atoms. The van der Waals surface area contributed by atoms with Gasteiger partial charge in [0.15, 0.2) is 6.23 Å². The topological polar surface area (TPSA) is 117 Å². The number of rotatable bonds is 3. The number of ether oxygens (including phenoxy) is 2. The van der Waals surface area contributed by atoms with Gasteiger partial charge >= 0.3 is 5.69 Å². The van der Waals surface area contributed by atoms with E-state index in [1.54, 1.807) is 0 Å². The van der Waals surface area contributed by atoms with Crippen molar-refractivity contribution in [1.29, 1.82) is 0 Å². The van der Waals surface area contributed by atoms with Crippen LogP contribution >= 0.6 is 0 Å². The van der Waals surface area contributed by atoms with Crippen LogP contribution in [0.3, 0.4) is 0 Å². The number of H-pyrrole nitrogens is 1. The summed E-state index contributed by atoms with van der Waals surface area (Å²) in [6, 6.07) is 1.17. The van der Waals surface area contributed by atoms with Gasteiger partial charge in [-0.25, -0.2) is 4.79 Å². The first kappa shape index (κ1) is 13.5. The molecule has 2 fully saturated rings. The molecule has 4 atom stereocenters. The molecule has 0 radical (unpaired) electrons. The Kier molecular flexibility index (Phi) is 3.05. The lowest BCUT2D eigenvalue weighted by molar-refractivity contribution is -0.128. The first-order valence-electron chi connectivity index (χ1n) is 5.82. The van der Waals surface area contributed by atoms with Gasteiger partial charge in [-0.2, -0.15) is 8.42 Å². The van der Waals surface area contributed by atoms with Crippen molar-refractivity contribution in [3.8, 4) is 0 Å². The van der Waals surface area contributed by atoms with E-state index in [0.717, 1.165) is 10.8 Å². The predicted octanol–water partition coefficient (Wildman–Crippen LogP) is -1.82. The molecule has 4 unspecified atom stereocenters. The van der Waals surface area contributed by atoms with Crippen molar-refractivity contribution in [1.82, 2.24) is 9.55 Å². The Balaban J connectivity index is 1.91. The Hall–Kier alpha value is -1.49. The maximum absolute atomic E-state index is 11.7. The summed E-state index contributed by atoms with van der Waals surface area (Å²) in [6.07, 6.45) is -0.713. The van der Waals surface area contributed by atoms with Crippen LogP contribution in [-0.2, 0) is 23.8 Å². The van der Waals surface area contributed by atoms with Gasteiger partial charge in [-0.15, -0.1) is 0 Å². The lowest BCUT2D eigenvalue weighted by Gasteiger charge is -2.23. The maximum Gasteiger partial charge on any atom is 0.330 e. The van der Waals surface area contributed by atoms with Gasteiger partial charge in [-0.1, -0.05) is 0 Å². The average Bonchev–Trinajstić information content (AvgIpc) is 2.84. The van der Waals surface area contributed by atoms with Crippen LogP contribution < -0.4 is 11.2 Å². The molecule has 3 rings (SSSR count). The molecule has 9 nitrogen and oxygen atoms in total. The number of aromatic amines is 1. The second-order valence-electron chi connectivity index (χ2n) is 4.65. The van der Waals surface area contributed by atoms with E-state index in [4.69, 9.17) is 13.7 Å². The zero-order valence-corrected chi connectivity index (χ0v) is 11.2. The van der Waals surface area contributed by atoms with E-state index in [1.807, 2.05) is 0 Å². The molecule has 1 aromatic rings. The third kappa shape index (κ3) is 2.30. The first-order chi connectivity index (χ1) is 9.35. The number of aromatic nitrogens is 2. The third-order valence-corrected chi connectivity index (χ3v) is 3.72. The van der Waals surface area contributed by atoms with Crippen molar-refractivity contribution in [3.63, 3.8) is 0 Å². The molecule has 2 aliphatic rings. The molecule has 10 heteroatoms. The SMILES string of the molecule is CS(=O)(=O)OC1C2COC1C(n1ccc(=O)[nH]c1=O)O2. The zero-order valence-electron chi connectivity index (χ0n) is 10.4. The molecule has 2 aliphatic heterocycles. The van der Waals surface area contributed by atoms with Crippen molar-refractivity contribution in [3.05, 3.63) is 33.1 Å². The van der Waals surface area contributed by atoms with Crippen molar-refractivity contribution in [2.75, 3.05) is 12.9 Å². The second kappa shape index (κ2) is 4.52. The van der Waals surface area contributed by atoms with Gasteiger partial charge in [-0.3, -0.25) is 18.5 Å². The van der Waals surface area contributed by atoms with Gasteiger partial charge < -0.3 is 9.47 Å². The lowest BCUT2D eigenvalue weighted by Crippen LogP contribution is -2.38. The molecule has 0 saturated carbocycles. The van der Waals surface area contributed by atoms with Crippen molar-refractivity contribution in [2.24, 2.45) is 0 Å². The Labute approximate surface area is 113 Å². The van der Waals surface area contributed by atoms with E-state index in [2.05, 4.69) is 4.98 Å². The van der Waals surface area contributed by atoms with Gasteiger partial charge in [0.1, 0.15) is 18.3 Å². The minimum absolute atomic E-state index is 0.194. The molecule has 110 valence electrons. The van der Waals surface area contributed by atoms with E-state index < -0.39 is 45.9 Å². The summed E-state index contributed by atoms with van der Waals surface area (Å²) in [5, 5.41) is 0. The van der Waals surface area contributed by atoms with Gasteiger partial charge in [-0.05, 0) is 0 Å². The van der Waals surface area contributed by atoms with Crippen LogP contribution in [0, 0.1) is 0 Å². The fourth-order valence-electron chi connectivity index (χ4n) is 2.40. The van der Waals surface area contributed by atoms with Gasteiger partial charge in [0, 0.05) is 12.3 Å². The molecule has 1 N–H and O–H groups in total. The number of nitrogens with zero attached hydrogens (tertiary/aromatic N) is 1. The molecule has 0 aliphatic carbocycles. The summed E-state index contributed by atoms with van der Waals surface area (Å²) < 4.78 is 39.5. The Morgan fingerprint density at radius 3 is 2.85 bits per heavy atom. The van der Waals surface area contributed by atoms with E-state index >= 15 is 0 Å². The second-order valence-corrected chi connectivity index (χ2v) is 6.25. The van der Waals surface area contributed by atoms with E-state index in [-0.39, 0.29) is 6.61 Å². The van der Waals surface area contributed by atoms with Crippen LogP contribution in [-0.4, -0.2) is 49.1 Å². The highest BCUT2D eigenvalue weighted by molar-refractivity contribution is 7.86. The smallest absolute Gasteiger partial charge is 0.330 e. The summed E-state index contributed by atoms with van der Waals surface area (Å²) in [4.78, 5) is 24.8. The highest BCUT2D eigenvalue weighted by Gasteiger charge is 2.54. The summed E-state index contributed by atoms with van der Waals surface area (Å²) in [6.45, 7) is 0.194. The summed E-state index contributed by atoms with van der Waals surface area (Å²) in [5.41, 5.74) is -1.18. The van der Waals surface area contributed by atoms with Crippen molar-refractivity contribution < 1.29 is 22.1 Å². The van der Waals surface area contributed by atoms with Crippen LogP contribution in [0.15, 0.2) is 21.9 Å². The van der Waals surface area contributed by atoms with Gasteiger partial charge in [0.25, 0.3) is 15.7 Å². The quantitative estimate of drug-likeness (QED) is 0.653. The van der Waals surface area contributed by atoms with Crippen LogP contribution in [0.5, 0.6) is 0 Å². The van der Waals surface area contributed by atoms with Crippen molar-refractivity contribution in [2.45, 2.75) is 24.5 Å². The largest absolute Gasteiger partial charge is 0.368 e. The molecule has 0 amide bonds. The molecule has 1 aromatic heterocycles. The monoisotopic (exact) mass is 304 g/mol.